The molecule has 7 nitrogen and oxygen atoms in total. The minimum Gasteiger partial charge on any atom is -0.481 e. The number of rotatable bonds is 10. The second kappa shape index (κ2) is 10.6. The second-order valence-corrected chi connectivity index (χ2v) is 7.80. The van der Waals surface area contributed by atoms with Gasteiger partial charge in [-0.3, -0.25) is 9.59 Å². The summed E-state index contributed by atoms with van der Waals surface area (Å²) >= 11 is 0. The minimum absolute atomic E-state index is 0.0243. The normalized spacial score (nSPS) is 12.9. The molecule has 1 aliphatic rings. The number of fused-ring (bicyclic) bond motifs is 3. The molecular weight excluding hydrogens is 408 g/mol. The van der Waals surface area contributed by atoms with Gasteiger partial charge in [-0.2, -0.15) is 0 Å². The summed E-state index contributed by atoms with van der Waals surface area (Å²) < 4.78 is 5.53. The van der Waals surface area contributed by atoms with Crippen molar-refractivity contribution in [1.29, 1.82) is 0 Å². The molecule has 0 saturated heterocycles. The third-order valence-electron chi connectivity index (χ3n) is 5.60. The van der Waals surface area contributed by atoms with Gasteiger partial charge in [-0.15, -0.1) is 6.58 Å². The van der Waals surface area contributed by atoms with Crippen LogP contribution < -0.4 is 5.32 Å². The van der Waals surface area contributed by atoms with Crippen molar-refractivity contribution < 1.29 is 24.2 Å². The smallest absolute Gasteiger partial charge is 0.407 e. The maximum atomic E-state index is 12.7. The van der Waals surface area contributed by atoms with E-state index in [-0.39, 0.29) is 37.8 Å². The van der Waals surface area contributed by atoms with Gasteiger partial charge in [0.2, 0.25) is 5.91 Å². The summed E-state index contributed by atoms with van der Waals surface area (Å²) in [6, 6.07) is 15.3. The molecule has 0 spiro atoms. The van der Waals surface area contributed by atoms with Gasteiger partial charge in [-0.05, 0) is 35.1 Å². The van der Waals surface area contributed by atoms with Crippen LogP contribution in [-0.4, -0.2) is 54.2 Å². The van der Waals surface area contributed by atoms with Gasteiger partial charge in [0.1, 0.15) is 12.6 Å². The molecule has 2 N–H and O–H groups in total. The van der Waals surface area contributed by atoms with Crippen molar-refractivity contribution in [1.82, 2.24) is 10.2 Å². The Hall–Kier alpha value is -3.61. The van der Waals surface area contributed by atoms with Gasteiger partial charge in [0.05, 0.1) is 0 Å². The molecule has 7 heteroatoms. The molecule has 0 radical (unpaired) electrons. The van der Waals surface area contributed by atoms with Gasteiger partial charge in [0.25, 0.3) is 0 Å². The summed E-state index contributed by atoms with van der Waals surface area (Å²) in [5, 5.41) is 11.4. The second-order valence-electron chi connectivity index (χ2n) is 7.80. The summed E-state index contributed by atoms with van der Waals surface area (Å²) in [5.41, 5.74) is 4.50. The number of amides is 2. The standard InChI is InChI=1S/C25H28N2O5/c1-3-9-22(24(30)27(2)15-8-14-23(28)29)26-25(31)32-16-21-19-12-6-4-10-17(19)18-11-5-7-13-20(18)21/h3-7,10-13,21-22H,1,8-9,14-16H2,2H3,(H,26,31)(H,28,29). The number of carbonyl (C=O) groups excluding carboxylic acids is 2. The number of nitrogens with one attached hydrogen (secondary N) is 1. The van der Waals surface area contributed by atoms with Crippen LogP contribution in [-0.2, 0) is 14.3 Å². The number of aliphatic carboxylic acids is 1. The molecule has 0 heterocycles. The van der Waals surface area contributed by atoms with Crippen LogP contribution in [0.2, 0.25) is 0 Å². The van der Waals surface area contributed by atoms with Crippen LogP contribution in [0.3, 0.4) is 0 Å². The van der Waals surface area contributed by atoms with Crippen molar-refractivity contribution in [3.8, 4) is 11.1 Å². The Morgan fingerprint density at radius 2 is 1.72 bits per heavy atom. The highest BCUT2D eigenvalue weighted by Gasteiger charge is 2.30. The largest absolute Gasteiger partial charge is 0.481 e. The Bertz CT molecular complexity index is 958. The molecule has 1 unspecified atom stereocenters. The molecule has 0 fully saturated rings. The van der Waals surface area contributed by atoms with Crippen LogP contribution in [0.25, 0.3) is 11.1 Å². The zero-order valence-electron chi connectivity index (χ0n) is 18.1. The Balaban J connectivity index is 1.61. The average molecular weight is 437 g/mol. The Kier molecular flexibility index (Phi) is 7.65. The molecule has 1 atom stereocenters. The van der Waals surface area contributed by atoms with Crippen molar-refractivity contribution in [2.45, 2.75) is 31.2 Å². The molecule has 0 aliphatic heterocycles. The molecule has 0 bridgehead atoms. The summed E-state index contributed by atoms with van der Waals surface area (Å²) in [4.78, 5) is 37.3. The molecule has 168 valence electrons. The molecule has 1 aliphatic carbocycles. The topological polar surface area (TPSA) is 95.9 Å². The fraction of sp³-hybridized carbons (Fsp3) is 0.320. The molecule has 0 aromatic heterocycles. The van der Waals surface area contributed by atoms with E-state index in [4.69, 9.17) is 9.84 Å². The first kappa shape index (κ1) is 23.1. The third-order valence-corrected chi connectivity index (χ3v) is 5.60. The SMILES string of the molecule is C=CCC(NC(=O)OCC1c2ccccc2-c2ccccc21)C(=O)N(C)CCCC(=O)O. The van der Waals surface area contributed by atoms with Gasteiger partial charge in [-0.25, -0.2) is 4.79 Å². The van der Waals surface area contributed by atoms with Crippen LogP contribution >= 0.6 is 0 Å². The van der Waals surface area contributed by atoms with Gasteiger partial charge in [-0.1, -0.05) is 54.6 Å². The minimum atomic E-state index is -0.912. The third kappa shape index (κ3) is 5.35. The van der Waals surface area contributed by atoms with E-state index in [2.05, 4.69) is 24.0 Å². The van der Waals surface area contributed by atoms with Crippen molar-refractivity contribution >= 4 is 18.0 Å². The molecule has 32 heavy (non-hydrogen) atoms. The zero-order chi connectivity index (χ0) is 23.1. The number of carbonyl (C=O) groups is 3. The number of carboxylic acid groups (broad SMARTS) is 1. The van der Waals surface area contributed by atoms with Gasteiger partial charge in [0, 0.05) is 25.9 Å². The van der Waals surface area contributed by atoms with Crippen LogP contribution in [0.1, 0.15) is 36.3 Å². The summed E-state index contributed by atoms with van der Waals surface area (Å²) in [5.74, 6) is -1.30. The highest BCUT2D eigenvalue weighted by Crippen LogP contribution is 2.44. The lowest BCUT2D eigenvalue weighted by atomic mass is 9.98. The Morgan fingerprint density at radius 1 is 1.12 bits per heavy atom. The highest BCUT2D eigenvalue weighted by molar-refractivity contribution is 5.86. The maximum Gasteiger partial charge on any atom is 0.407 e. The molecule has 2 aromatic rings. The van der Waals surface area contributed by atoms with Crippen molar-refractivity contribution in [3.63, 3.8) is 0 Å². The Labute approximate surface area is 187 Å². The van der Waals surface area contributed by atoms with Crippen LogP contribution in [0.15, 0.2) is 61.2 Å². The Morgan fingerprint density at radius 3 is 2.28 bits per heavy atom. The number of benzene rings is 2. The number of alkyl carbamates (subject to hydrolysis) is 1. The van der Waals surface area contributed by atoms with Crippen LogP contribution in [0.5, 0.6) is 0 Å². The van der Waals surface area contributed by atoms with E-state index in [1.54, 1.807) is 13.1 Å². The van der Waals surface area contributed by atoms with Gasteiger partial charge >= 0.3 is 12.1 Å². The number of ether oxygens (including phenoxy) is 1. The average Bonchev–Trinajstić information content (AvgIpc) is 3.10. The molecule has 0 saturated carbocycles. The molecule has 3 rings (SSSR count). The van der Waals surface area contributed by atoms with Crippen LogP contribution in [0, 0.1) is 0 Å². The van der Waals surface area contributed by atoms with E-state index in [9.17, 15) is 14.4 Å². The number of carboxylic acids is 1. The first-order valence-electron chi connectivity index (χ1n) is 10.6. The molecular formula is C25H28N2O5. The fourth-order valence-electron chi connectivity index (χ4n) is 4.01. The van der Waals surface area contributed by atoms with Gasteiger partial charge < -0.3 is 20.1 Å². The lowest BCUT2D eigenvalue weighted by molar-refractivity contribution is -0.138. The maximum absolute atomic E-state index is 12.7. The predicted octanol–water partition coefficient (Wildman–Crippen LogP) is 3.79. The number of hydrogen-bond donors (Lipinski definition) is 2. The lowest BCUT2D eigenvalue weighted by Gasteiger charge is -2.24. The lowest BCUT2D eigenvalue weighted by Crippen LogP contribution is -2.47. The van der Waals surface area contributed by atoms with Gasteiger partial charge in [0.15, 0.2) is 0 Å². The number of nitrogens with zero attached hydrogens (tertiary/aromatic N) is 1. The highest BCUT2D eigenvalue weighted by atomic mass is 16.5. The van der Waals surface area contributed by atoms with E-state index < -0.39 is 18.1 Å². The molecule has 2 aromatic carbocycles. The van der Waals surface area contributed by atoms with E-state index >= 15 is 0 Å². The van der Waals surface area contributed by atoms with Crippen LogP contribution in [0.4, 0.5) is 4.79 Å². The molecule has 2 amide bonds. The van der Waals surface area contributed by atoms with E-state index in [1.807, 2.05) is 36.4 Å². The van der Waals surface area contributed by atoms with Crippen molar-refractivity contribution in [2.24, 2.45) is 0 Å². The fourth-order valence-corrected chi connectivity index (χ4v) is 4.01. The van der Waals surface area contributed by atoms with E-state index in [1.165, 1.54) is 4.90 Å². The number of hydrogen-bond acceptors (Lipinski definition) is 4. The quantitative estimate of drug-likeness (QED) is 0.553. The van der Waals surface area contributed by atoms with Crippen molar-refractivity contribution in [2.75, 3.05) is 20.2 Å². The van der Waals surface area contributed by atoms with Crippen molar-refractivity contribution in [3.05, 3.63) is 72.3 Å². The summed E-state index contributed by atoms with van der Waals surface area (Å²) in [7, 11) is 1.58. The first-order chi connectivity index (χ1) is 15.4. The first-order valence-corrected chi connectivity index (χ1v) is 10.6. The summed E-state index contributed by atoms with van der Waals surface area (Å²) in [6.07, 6.45) is 1.43. The number of likely N-dealkylation sites (N-methyl/N-ethyl adjacent to an activating group) is 1. The van der Waals surface area contributed by atoms with E-state index in [0.29, 0.717) is 6.42 Å². The zero-order valence-corrected chi connectivity index (χ0v) is 18.1. The summed E-state index contributed by atoms with van der Waals surface area (Å²) in [6.45, 7) is 4.09. The predicted molar refractivity (Wildman–Crippen MR) is 121 cm³/mol. The van der Waals surface area contributed by atoms with E-state index in [0.717, 1.165) is 22.3 Å². The monoisotopic (exact) mass is 436 g/mol.